The van der Waals surface area contributed by atoms with Gasteiger partial charge in [0.25, 0.3) is 5.56 Å². The number of aryl methyl sites for hydroxylation is 2. The van der Waals surface area contributed by atoms with Gasteiger partial charge in [-0.05, 0) is 48.2 Å². The van der Waals surface area contributed by atoms with Crippen molar-refractivity contribution in [3.05, 3.63) is 96.2 Å². The quantitative estimate of drug-likeness (QED) is 0.440. The molecule has 1 unspecified atom stereocenters. The van der Waals surface area contributed by atoms with Crippen LogP contribution in [0.1, 0.15) is 34.7 Å². The topological polar surface area (TPSA) is 94.7 Å². The zero-order valence-corrected chi connectivity index (χ0v) is 18.6. The van der Waals surface area contributed by atoms with Crippen molar-refractivity contribution in [1.29, 1.82) is 5.26 Å². The number of alkyl halides is 3. The van der Waals surface area contributed by atoms with E-state index in [1.807, 2.05) is 0 Å². The number of hydrogen-bond donors (Lipinski definition) is 0. The average Bonchev–Trinajstić information content (AvgIpc) is 3.34. The predicted octanol–water partition coefficient (Wildman–Crippen LogP) is 2.62. The van der Waals surface area contributed by atoms with Gasteiger partial charge in [-0.2, -0.15) is 18.4 Å². The van der Waals surface area contributed by atoms with Crippen LogP contribution in [-0.4, -0.2) is 18.3 Å². The van der Waals surface area contributed by atoms with Gasteiger partial charge in [0.05, 0.1) is 28.3 Å². The van der Waals surface area contributed by atoms with Gasteiger partial charge < -0.3 is 0 Å². The van der Waals surface area contributed by atoms with Crippen molar-refractivity contribution in [2.24, 2.45) is 14.1 Å². The highest BCUT2D eigenvalue weighted by Crippen LogP contribution is 2.41. The molecule has 11 heteroatoms. The van der Waals surface area contributed by atoms with Gasteiger partial charge in [0.1, 0.15) is 11.6 Å². The summed E-state index contributed by atoms with van der Waals surface area (Å²) < 4.78 is 45.4. The van der Waals surface area contributed by atoms with Gasteiger partial charge in [0.15, 0.2) is 0 Å². The molecule has 2 aromatic carbocycles. The Hall–Kier alpha value is -4.33. The normalized spacial score (nSPS) is 15.4. The average molecular weight is 481 g/mol. The molecule has 178 valence electrons. The van der Waals surface area contributed by atoms with Crippen LogP contribution < -0.4 is 16.9 Å². The van der Waals surface area contributed by atoms with Gasteiger partial charge in [-0.1, -0.05) is 12.1 Å². The lowest BCUT2D eigenvalue weighted by Crippen LogP contribution is -2.42. The van der Waals surface area contributed by atoms with Crippen LogP contribution in [0.25, 0.3) is 16.7 Å². The molecule has 0 aliphatic heterocycles. The molecule has 0 amide bonds. The minimum absolute atomic E-state index is 0.0381. The molecular formula is C24H18F3N5O3. The van der Waals surface area contributed by atoms with Crippen LogP contribution in [-0.2, 0) is 26.7 Å². The highest BCUT2D eigenvalue weighted by molar-refractivity contribution is 5.78. The fourth-order valence-corrected chi connectivity index (χ4v) is 4.92. The molecule has 0 radical (unpaired) electrons. The Labute approximate surface area is 195 Å². The maximum absolute atomic E-state index is 13.6. The van der Waals surface area contributed by atoms with E-state index >= 15 is 0 Å². The van der Waals surface area contributed by atoms with Crippen molar-refractivity contribution in [3.8, 4) is 11.8 Å². The number of benzene rings is 2. The van der Waals surface area contributed by atoms with Gasteiger partial charge in [0, 0.05) is 20.3 Å². The third-order valence-corrected chi connectivity index (χ3v) is 6.63. The van der Waals surface area contributed by atoms with E-state index in [1.54, 1.807) is 38.4 Å². The lowest BCUT2D eigenvalue weighted by molar-refractivity contribution is -0.138. The first-order valence-corrected chi connectivity index (χ1v) is 10.7. The first kappa shape index (κ1) is 22.5. The lowest BCUT2D eigenvalue weighted by atomic mass is 10.0. The second-order valence-electron chi connectivity index (χ2n) is 8.48. The van der Waals surface area contributed by atoms with Crippen LogP contribution in [0.15, 0.2) is 57.0 Å². The summed E-state index contributed by atoms with van der Waals surface area (Å²) in [4.78, 5) is 38.9. The van der Waals surface area contributed by atoms with Gasteiger partial charge >= 0.3 is 17.6 Å². The number of fused-ring (bicyclic) bond motifs is 2. The molecule has 4 aromatic rings. The second-order valence-corrected chi connectivity index (χ2v) is 8.48. The van der Waals surface area contributed by atoms with E-state index in [4.69, 9.17) is 0 Å². The van der Waals surface area contributed by atoms with E-state index in [0.29, 0.717) is 16.7 Å². The van der Waals surface area contributed by atoms with Crippen LogP contribution in [0.2, 0.25) is 0 Å². The highest BCUT2D eigenvalue weighted by Gasteiger charge is 2.38. The van der Waals surface area contributed by atoms with E-state index in [9.17, 15) is 32.8 Å². The summed E-state index contributed by atoms with van der Waals surface area (Å²) in [6.07, 6.45) is -3.30. The summed E-state index contributed by atoms with van der Waals surface area (Å²) in [5.41, 5.74) is -1.31. The van der Waals surface area contributed by atoms with Gasteiger partial charge in [-0.3, -0.25) is 23.1 Å². The van der Waals surface area contributed by atoms with E-state index in [0.717, 1.165) is 21.4 Å². The van der Waals surface area contributed by atoms with Gasteiger partial charge in [0.2, 0.25) is 0 Å². The molecule has 2 aromatic heterocycles. The lowest BCUT2D eigenvalue weighted by Gasteiger charge is -2.18. The Morgan fingerprint density at radius 2 is 1.71 bits per heavy atom. The monoisotopic (exact) mass is 481 g/mol. The minimum Gasteiger partial charge on any atom is -0.295 e. The van der Waals surface area contributed by atoms with Crippen LogP contribution in [0.3, 0.4) is 0 Å². The third kappa shape index (κ3) is 3.24. The molecule has 1 aliphatic rings. The third-order valence-electron chi connectivity index (χ3n) is 6.63. The van der Waals surface area contributed by atoms with Crippen LogP contribution in [0.4, 0.5) is 13.2 Å². The summed E-state index contributed by atoms with van der Waals surface area (Å²) in [5, 5.41) is 9.57. The molecule has 0 spiro atoms. The molecule has 0 saturated heterocycles. The SMILES string of the molecule is Cn1c(=O)n(C)c2cc(-n3cc(C#N)c(=O)n(C4CCc5c4cccc5C(F)(F)F)c3=O)ccc21. The van der Waals surface area contributed by atoms with Crippen molar-refractivity contribution in [2.75, 3.05) is 0 Å². The van der Waals surface area contributed by atoms with E-state index < -0.39 is 29.0 Å². The number of halogens is 3. The Morgan fingerprint density at radius 1 is 1.00 bits per heavy atom. The summed E-state index contributed by atoms with van der Waals surface area (Å²) in [5.74, 6) is 0. The molecule has 2 heterocycles. The maximum atomic E-state index is 13.6. The van der Waals surface area contributed by atoms with Crippen LogP contribution >= 0.6 is 0 Å². The van der Waals surface area contributed by atoms with E-state index in [1.165, 1.54) is 21.3 Å². The molecular weight excluding hydrogens is 463 g/mol. The standard InChI is InChI=1S/C24H18F3N5O3/c1-29-19-8-6-14(10-20(19)30(2)22(29)34)31-12-13(11-28)21(33)32(23(31)35)18-9-7-15-16(18)4-3-5-17(15)24(25,26)27/h3-6,8,10,12,18H,7,9H2,1-2H3. The smallest absolute Gasteiger partial charge is 0.295 e. The fourth-order valence-electron chi connectivity index (χ4n) is 4.92. The summed E-state index contributed by atoms with van der Waals surface area (Å²) in [7, 11) is 3.18. The predicted molar refractivity (Wildman–Crippen MR) is 121 cm³/mol. The van der Waals surface area contributed by atoms with Crippen molar-refractivity contribution in [1.82, 2.24) is 18.3 Å². The summed E-state index contributed by atoms with van der Waals surface area (Å²) in [6, 6.07) is 9.34. The van der Waals surface area contributed by atoms with Gasteiger partial charge in [-0.25, -0.2) is 9.59 Å². The highest BCUT2D eigenvalue weighted by atomic mass is 19.4. The number of nitrogens with zero attached hydrogens (tertiary/aromatic N) is 5. The van der Waals surface area contributed by atoms with Crippen molar-refractivity contribution < 1.29 is 13.2 Å². The molecule has 1 atom stereocenters. The molecule has 8 nitrogen and oxygen atoms in total. The Kier molecular flexibility index (Phi) is 4.87. The molecule has 5 rings (SSSR count). The summed E-state index contributed by atoms with van der Waals surface area (Å²) >= 11 is 0. The molecule has 1 aliphatic carbocycles. The largest absolute Gasteiger partial charge is 0.416 e. The van der Waals surface area contributed by atoms with E-state index in [2.05, 4.69) is 0 Å². The zero-order chi connectivity index (χ0) is 25.2. The maximum Gasteiger partial charge on any atom is 0.416 e. The molecule has 0 saturated carbocycles. The minimum atomic E-state index is -4.57. The first-order valence-electron chi connectivity index (χ1n) is 10.7. The number of imidazole rings is 1. The van der Waals surface area contributed by atoms with Crippen molar-refractivity contribution in [3.63, 3.8) is 0 Å². The molecule has 0 N–H and O–H groups in total. The molecule has 35 heavy (non-hydrogen) atoms. The Balaban J connectivity index is 1.75. The number of nitriles is 1. The number of hydrogen-bond acceptors (Lipinski definition) is 4. The summed E-state index contributed by atoms with van der Waals surface area (Å²) in [6.45, 7) is 0. The van der Waals surface area contributed by atoms with Crippen molar-refractivity contribution in [2.45, 2.75) is 25.1 Å². The first-order chi connectivity index (χ1) is 16.5. The van der Waals surface area contributed by atoms with Crippen LogP contribution in [0.5, 0.6) is 0 Å². The van der Waals surface area contributed by atoms with Crippen molar-refractivity contribution >= 4 is 11.0 Å². The zero-order valence-electron chi connectivity index (χ0n) is 18.6. The Bertz CT molecular complexity index is 1750. The van der Waals surface area contributed by atoms with Crippen LogP contribution in [0, 0.1) is 11.3 Å². The Morgan fingerprint density at radius 3 is 2.40 bits per heavy atom. The fraction of sp³-hybridized carbons (Fsp3) is 0.250. The second kappa shape index (κ2) is 7.59. The van der Waals surface area contributed by atoms with E-state index in [-0.39, 0.29) is 35.2 Å². The number of aromatic nitrogens is 4. The van der Waals surface area contributed by atoms with Gasteiger partial charge in [-0.15, -0.1) is 0 Å². The molecule has 0 bridgehead atoms. The number of rotatable bonds is 2. The molecule has 0 fully saturated rings.